The van der Waals surface area contributed by atoms with Crippen molar-refractivity contribution < 1.29 is 4.74 Å². The van der Waals surface area contributed by atoms with Gasteiger partial charge in [0.05, 0.1) is 24.6 Å². The molecule has 0 bridgehead atoms. The lowest BCUT2D eigenvalue weighted by Gasteiger charge is -2.32. The molecule has 148 valence electrons. The van der Waals surface area contributed by atoms with E-state index in [0.29, 0.717) is 0 Å². The second kappa shape index (κ2) is 7.90. The van der Waals surface area contributed by atoms with Gasteiger partial charge in [-0.25, -0.2) is 0 Å². The summed E-state index contributed by atoms with van der Waals surface area (Å²) in [4.78, 5) is 4.90. The van der Waals surface area contributed by atoms with Gasteiger partial charge < -0.3 is 15.0 Å². The van der Waals surface area contributed by atoms with Gasteiger partial charge >= 0.3 is 0 Å². The standard InChI is InChI=1S/C25H27N3O/c1-19-7-9-21(10-8-19)25-23(18-27-13-15-29-16-14-27)28-17-22(11-12-24(28)26-25)20-5-3-2-4-6-20/h2-12,17,24,26H,13-16,18H2,1H3. The molecule has 1 N–H and O–H groups in total. The molecule has 4 nitrogen and oxygen atoms in total. The van der Waals surface area contributed by atoms with Crippen LogP contribution >= 0.6 is 0 Å². The zero-order valence-electron chi connectivity index (χ0n) is 16.8. The van der Waals surface area contributed by atoms with Crippen molar-refractivity contribution in [3.8, 4) is 0 Å². The Kier molecular flexibility index (Phi) is 4.96. The lowest BCUT2D eigenvalue weighted by molar-refractivity contribution is 0.0401. The number of allylic oxidation sites excluding steroid dienone is 2. The first-order valence-electron chi connectivity index (χ1n) is 10.4. The summed E-state index contributed by atoms with van der Waals surface area (Å²) in [5.74, 6) is 0. The van der Waals surface area contributed by atoms with Crippen LogP contribution in [0.2, 0.25) is 0 Å². The predicted octanol–water partition coefficient (Wildman–Crippen LogP) is 3.84. The van der Waals surface area contributed by atoms with Crippen molar-refractivity contribution in [2.45, 2.75) is 13.1 Å². The van der Waals surface area contributed by atoms with Crippen LogP contribution in [0.4, 0.5) is 0 Å². The van der Waals surface area contributed by atoms with E-state index in [2.05, 4.69) is 95.0 Å². The van der Waals surface area contributed by atoms with Crippen molar-refractivity contribution in [3.63, 3.8) is 0 Å². The first-order valence-corrected chi connectivity index (χ1v) is 10.4. The molecule has 2 aromatic carbocycles. The van der Waals surface area contributed by atoms with Crippen LogP contribution in [0.15, 0.2) is 78.6 Å². The van der Waals surface area contributed by atoms with Crippen LogP contribution in [0.25, 0.3) is 11.3 Å². The number of nitrogens with one attached hydrogen (secondary N) is 1. The van der Waals surface area contributed by atoms with Crippen molar-refractivity contribution >= 4 is 11.3 Å². The molecule has 1 fully saturated rings. The number of hydrogen-bond donors (Lipinski definition) is 1. The molecular weight excluding hydrogens is 358 g/mol. The average Bonchev–Trinajstić information content (AvgIpc) is 3.13. The predicted molar refractivity (Wildman–Crippen MR) is 118 cm³/mol. The third-order valence-electron chi connectivity index (χ3n) is 5.85. The second-order valence-corrected chi connectivity index (χ2v) is 7.88. The fourth-order valence-electron chi connectivity index (χ4n) is 4.19. The Balaban J connectivity index is 1.52. The van der Waals surface area contributed by atoms with E-state index in [1.165, 1.54) is 33.7 Å². The number of fused-ring (bicyclic) bond motifs is 1. The summed E-state index contributed by atoms with van der Waals surface area (Å²) in [6.07, 6.45) is 6.95. The summed E-state index contributed by atoms with van der Waals surface area (Å²) in [6.45, 7) is 6.64. The topological polar surface area (TPSA) is 27.7 Å². The van der Waals surface area contributed by atoms with E-state index in [4.69, 9.17) is 4.74 Å². The molecule has 4 heteroatoms. The first-order chi connectivity index (χ1) is 14.3. The molecule has 3 aliphatic heterocycles. The highest BCUT2D eigenvalue weighted by Crippen LogP contribution is 2.34. The average molecular weight is 386 g/mol. The number of rotatable bonds is 4. The molecular formula is C25H27N3O. The van der Waals surface area contributed by atoms with Crippen LogP contribution in [0.5, 0.6) is 0 Å². The maximum atomic E-state index is 5.56. The Bertz CT molecular complexity index is 953. The zero-order valence-corrected chi connectivity index (χ0v) is 16.8. The maximum Gasteiger partial charge on any atom is 0.123 e. The van der Waals surface area contributed by atoms with Crippen LogP contribution in [0.1, 0.15) is 16.7 Å². The smallest absolute Gasteiger partial charge is 0.123 e. The van der Waals surface area contributed by atoms with Gasteiger partial charge in [-0.15, -0.1) is 0 Å². The lowest BCUT2D eigenvalue weighted by atomic mass is 10.0. The molecule has 0 radical (unpaired) electrons. The molecule has 0 saturated carbocycles. The Hall–Kier alpha value is -2.82. The fourth-order valence-corrected chi connectivity index (χ4v) is 4.19. The van der Waals surface area contributed by atoms with Gasteiger partial charge in [0, 0.05) is 25.8 Å². The van der Waals surface area contributed by atoms with E-state index in [-0.39, 0.29) is 6.17 Å². The van der Waals surface area contributed by atoms with Crippen molar-refractivity contribution in [1.29, 1.82) is 0 Å². The number of aryl methyl sites for hydroxylation is 1. The number of ether oxygens (including phenoxy) is 1. The molecule has 3 aliphatic rings. The molecule has 1 saturated heterocycles. The van der Waals surface area contributed by atoms with E-state index in [0.717, 1.165) is 32.8 Å². The van der Waals surface area contributed by atoms with E-state index in [1.807, 2.05) is 0 Å². The quantitative estimate of drug-likeness (QED) is 0.866. The van der Waals surface area contributed by atoms with Gasteiger partial charge in [0.2, 0.25) is 0 Å². The zero-order chi connectivity index (χ0) is 19.6. The highest BCUT2D eigenvalue weighted by Gasteiger charge is 2.32. The van der Waals surface area contributed by atoms with Gasteiger partial charge in [0.1, 0.15) is 6.17 Å². The summed E-state index contributed by atoms with van der Waals surface area (Å²) in [5.41, 5.74) is 7.59. The molecule has 1 unspecified atom stereocenters. The van der Waals surface area contributed by atoms with Crippen molar-refractivity contribution in [2.75, 3.05) is 32.8 Å². The van der Waals surface area contributed by atoms with Gasteiger partial charge in [-0.2, -0.15) is 0 Å². The van der Waals surface area contributed by atoms with E-state index in [1.54, 1.807) is 0 Å². The normalized spacial score (nSPS) is 21.8. The van der Waals surface area contributed by atoms with Crippen molar-refractivity contribution in [1.82, 2.24) is 15.1 Å². The fraction of sp³-hybridized carbons (Fsp3) is 0.280. The van der Waals surface area contributed by atoms with Crippen LogP contribution in [-0.2, 0) is 4.74 Å². The molecule has 2 aromatic rings. The van der Waals surface area contributed by atoms with Gasteiger partial charge in [0.25, 0.3) is 0 Å². The Morgan fingerprint density at radius 2 is 1.72 bits per heavy atom. The van der Waals surface area contributed by atoms with E-state index in [9.17, 15) is 0 Å². The molecule has 0 spiro atoms. The molecule has 0 aromatic heterocycles. The number of benzene rings is 2. The van der Waals surface area contributed by atoms with Gasteiger partial charge in [0.15, 0.2) is 0 Å². The van der Waals surface area contributed by atoms with Gasteiger partial charge in [-0.1, -0.05) is 66.2 Å². The van der Waals surface area contributed by atoms with Crippen LogP contribution in [-0.4, -0.2) is 48.8 Å². The minimum Gasteiger partial charge on any atom is -0.379 e. The number of hydrogen-bond acceptors (Lipinski definition) is 4. The largest absolute Gasteiger partial charge is 0.379 e. The van der Waals surface area contributed by atoms with Gasteiger partial charge in [-0.05, 0) is 29.7 Å². The summed E-state index contributed by atoms with van der Waals surface area (Å²) in [7, 11) is 0. The van der Waals surface area contributed by atoms with Crippen LogP contribution in [0.3, 0.4) is 0 Å². The lowest BCUT2D eigenvalue weighted by Crippen LogP contribution is -2.40. The molecule has 5 rings (SSSR count). The third kappa shape index (κ3) is 3.74. The Morgan fingerprint density at radius 3 is 2.48 bits per heavy atom. The molecule has 3 heterocycles. The minimum absolute atomic E-state index is 0.162. The highest BCUT2D eigenvalue weighted by atomic mass is 16.5. The second-order valence-electron chi connectivity index (χ2n) is 7.88. The van der Waals surface area contributed by atoms with Gasteiger partial charge in [-0.3, -0.25) is 4.90 Å². The minimum atomic E-state index is 0.162. The number of morpholine rings is 1. The SMILES string of the molecule is Cc1ccc(C2=C(CN3CCOCC3)N3C=C(c4ccccc4)C=CC3N2)cc1. The molecule has 29 heavy (non-hydrogen) atoms. The third-order valence-corrected chi connectivity index (χ3v) is 5.85. The van der Waals surface area contributed by atoms with Crippen molar-refractivity contribution in [3.05, 3.63) is 95.3 Å². The summed E-state index contributed by atoms with van der Waals surface area (Å²) in [5, 5.41) is 3.76. The van der Waals surface area contributed by atoms with E-state index >= 15 is 0 Å². The molecule has 0 aliphatic carbocycles. The highest BCUT2D eigenvalue weighted by molar-refractivity contribution is 5.78. The maximum absolute atomic E-state index is 5.56. The monoisotopic (exact) mass is 385 g/mol. The van der Waals surface area contributed by atoms with E-state index < -0.39 is 0 Å². The van der Waals surface area contributed by atoms with Crippen LogP contribution < -0.4 is 5.32 Å². The summed E-state index contributed by atoms with van der Waals surface area (Å²) in [6, 6.07) is 19.4. The molecule has 0 amide bonds. The summed E-state index contributed by atoms with van der Waals surface area (Å²) < 4.78 is 5.56. The van der Waals surface area contributed by atoms with Crippen LogP contribution in [0, 0.1) is 6.92 Å². The van der Waals surface area contributed by atoms with Crippen molar-refractivity contribution in [2.24, 2.45) is 0 Å². The Morgan fingerprint density at radius 1 is 0.966 bits per heavy atom. The Labute approximate surface area is 172 Å². The summed E-state index contributed by atoms with van der Waals surface area (Å²) >= 11 is 0. The first kappa shape index (κ1) is 18.2. The molecule has 1 atom stereocenters. The number of nitrogens with zero attached hydrogens (tertiary/aromatic N) is 2.